The molecular formula is C20H30O4. The Morgan fingerprint density at radius 2 is 1.71 bits per heavy atom. The van der Waals surface area contributed by atoms with Gasteiger partial charge in [0.25, 0.3) is 0 Å². The number of aryl methyl sites for hydroxylation is 1. The molecule has 0 saturated carbocycles. The van der Waals surface area contributed by atoms with Crippen LogP contribution in [0.25, 0.3) is 0 Å². The molecule has 0 fully saturated rings. The topological polar surface area (TPSA) is 74.6 Å². The zero-order valence-electron chi connectivity index (χ0n) is 15.2. The number of aliphatic hydroxyl groups excluding tert-OH is 1. The average Bonchev–Trinajstić information content (AvgIpc) is 2.53. The normalized spacial score (nSPS) is 13.5. The van der Waals surface area contributed by atoms with Crippen molar-refractivity contribution >= 4 is 12.3 Å². The van der Waals surface area contributed by atoms with E-state index in [1.54, 1.807) is 13.8 Å². The molecule has 0 heterocycles. The van der Waals surface area contributed by atoms with Crippen LogP contribution in [0.1, 0.15) is 70.6 Å². The fraction of sp³-hybridized carbons (Fsp3) is 0.600. The molecular weight excluding hydrogens is 304 g/mol. The van der Waals surface area contributed by atoms with Gasteiger partial charge >= 0.3 is 5.97 Å². The first-order valence-corrected chi connectivity index (χ1v) is 8.54. The van der Waals surface area contributed by atoms with Gasteiger partial charge in [-0.1, -0.05) is 38.1 Å². The fourth-order valence-electron chi connectivity index (χ4n) is 2.48. The summed E-state index contributed by atoms with van der Waals surface area (Å²) in [6.07, 6.45) is 3.83. The minimum absolute atomic E-state index is 0.405. The Bertz CT molecular complexity index is 543. The minimum Gasteiger partial charge on any atom is -0.481 e. The van der Waals surface area contributed by atoms with E-state index in [1.165, 1.54) is 0 Å². The summed E-state index contributed by atoms with van der Waals surface area (Å²) in [6, 6.07) is 7.79. The summed E-state index contributed by atoms with van der Waals surface area (Å²) in [6.45, 7) is 7.23. The summed E-state index contributed by atoms with van der Waals surface area (Å²) in [7, 11) is 0. The molecule has 4 heteroatoms. The van der Waals surface area contributed by atoms with Crippen LogP contribution in [0, 0.1) is 10.8 Å². The predicted octanol–water partition coefficient (Wildman–Crippen LogP) is 4.16. The Balaban J connectivity index is 2.51. The van der Waals surface area contributed by atoms with Gasteiger partial charge in [-0.3, -0.25) is 4.79 Å². The minimum atomic E-state index is -0.765. The van der Waals surface area contributed by atoms with E-state index < -0.39 is 22.9 Å². The lowest BCUT2D eigenvalue weighted by atomic mass is 9.86. The van der Waals surface area contributed by atoms with Crippen LogP contribution < -0.4 is 0 Å². The number of benzene rings is 1. The lowest BCUT2D eigenvalue weighted by Gasteiger charge is -2.20. The first-order chi connectivity index (χ1) is 11.1. The number of aliphatic carboxylic acids is 1. The van der Waals surface area contributed by atoms with Crippen molar-refractivity contribution < 1.29 is 19.8 Å². The number of carbonyl (C=O) groups is 2. The van der Waals surface area contributed by atoms with E-state index in [0.717, 1.165) is 30.3 Å². The van der Waals surface area contributed by atoms with Crippen LogP contribution in [0.5, 0.6) is 0 Å². The third-order valence-electron chi connectivity index (χ3n) is 4.59. The van der Waals surface area contributed by atoms with Crippen molar-refractivity contribution in [2.24, 2.45) is 10.8 Å². The maximum absolute atomic E-state index is 11.1. The quantitative estimate of drug-likeness (QED) is 0.630. The number of carbonyl (C=O) groups excluding carboxylic acids is 1. The average molecular weight is 334 g/mol. The van der Waals surface area contributed by atoms with E-state index in [-0.39, 0.29) is 0 Å². The molecule has 1 aromatic rings. The first kappa shape index (κ1) is 20.4. The Hall–Kier alpha value is -1.68. The number of hydrogen-bond donors (Lipinski definition) is 2. The SMILES string of the molecule is CC(C)(C=O)CCC(O)c1ccc(CCCC(C)(C)C(=O)O)cc1. The molecule has 0 saturated heterocycles. The molecule has 0 aliphatic rings. The summed E-state index contributed by atoms with van der Waals surface area (Å²) in [5.41, 5.74) is 0.894. The Kier molecular flexibility index (Phi) is 7.15. The molecule has 1 unspecified atom stereocenters. The summed E-state index contributed by atoms with van der Waals surface area (Å²) in [5, 5.41) is 19.3. The van der Waals surface area contributed by atoms with Gasteiger partial charge in [0.05, 0.1) is 11.5 Å². The largest absolute Gasteiger partial charge is 0.481 e. The van der Waals surface area contributed by atoms with E-state index in [9.17, 15) is 14.7 Å². The second-order valence-corrected chi connectivity index (χ2v) is 7.95. The van der Waals surface area contributed by atoms with Gasteiger partial charge in [-0.2, -0.15) is 0 Å². The molecule has 0 radical (unpaired) electrons. The highest BCUT2D eigenvalue weighted by molar-refractivity contribution is 5.73. The van der Waals surface area contributed by atoms with Crippen molar-refractivity contribution in [3.63, 3.8) is 0 Å². The zero-order chi connectivity index (χ0) is 18.4. The van der Waals surface area contributed by atoms with Gasteiger partial charge in [0, 0.05) is 5.41 Å². The van der Waals surface area contributed by atoms with Gasteiger partial charge in [-0.15, -0.1) is 0 Å². The van der Waals surface area contributed by atoms with E-state index >= 15 is 0 Å². The van der Waals surface area contributed by atoms with Crippen LogP contribution in [0.4, 0.5) is 0 Å². The molecule has 0 bridgehead atoms. The van der Waals surface area contributed by atoms with Crippen LogP contribution in [0.15, 0.2) is 24.3 Å². The molecule has 0 aliphatic carbocycles. The molecule has 0 amide bonds. The van der Waals surface area contributed by atoms with Crippen LogP contribution in [0.2, 0.25) is 0 Å². The van der Waals surface area contributed by atoms with Gasteiger partial charge in [0.2, 0.25) is 0 Å². The predicted molar refractivity (Wildman–Crippen MR) is 94.8 cm³/mol. The summed E-state index contributed by atoms with van der Waals surface area (Å²) in [5.74, 6) is -0.765. The van der Waals surface area contributed by atoms with Crippen molar-refractivity contribution in [1.29, 1.82) is 0 Å². The molecule has 24 heavy (non-hydrogen) atoms. The fourth-order valence-corrected chi connectivity index (χ4v) is 2.48. The van der Waals surface area contributed by atoms with E-state index in [1.807, 2.05) is 38.1 Å². The third-order valence-corrected chi connectivity index (χ3v) is 4.59. The second kappa shape index (κ2) is 8.43. The third kappa shape index (κ3) is 6.44. The molecule has 0 aromatic heterocycles. The lowest BCUT2D eigenvalue weighted by molar-refractivity contribution is -0.147. The molecule has 1 atom stereocenters. The highest BCUT2D eigenvalue weighted by Crippen LogP contribution is 2.27. The van der Waals surface area contributed by atoms with Crippen molar-refractivity contribution in [3.05, 3.63) is 35.4 Å². The van der Waals surface area contributed by atoms with Crippen LogP contribution in [-0.2, 0) is 16.0 Å². The molecule has 1 aromatic carbocycles. The van der Waals surface area contributed by atoms with Gasteiger partial charge in [0.15, 0.2) is 0 Å². The van der Waals surface area contributed by atoms with Gasteiger partial charge in [-0.05, 0) is 57.1 Å². The monoisotopic (exact) mass is 334 g/mol. The summed E-state index contributed by atoms with van der Waals surface area (Å²) < 4.78 is 0. The smallest absolute Gasteiger partial charge is 0.309 e. The van der Waals surface area contributed by atoms with Crippen LogP contribution >= 0.6 is 0 Å². The highest BCUT2D eigenvalue weighted by atomic mass is 16.4. The van der Waals surface area contributed by atoms with Crippen LogP contribution in [0.3, 0.4) is 0 Å². The highest BCUT2D eigenvalue weighted by Gasteiger charge is 2.26. The zero-order valence-corrected chi connectivity index (χ0v) is 15.2. The van der Waals surface area contributed by atoms with E-state index in [4.69, 9.17) is 5.11 Å². The van der Waals surface area contributed by atoms with E-state index in [2.05, 4.69) is 0 Å². The number of aliphatic hydroxyl groups is 1. The maximum atomic E-state index is 11.1. The lowest BCUT2D eigenvalue weighted by Crippen LogP contribution is -2.23. The Labute approximate surface area is 144 Å². The van der Waals surface area contributed by atoms with Crippen molar-refractivity contribution in [2.75, 3.05) is 0 Å². The molecule has 134 valence electrons. The Morgan fingerprint density at radius 1 is 1.12 bits per heavy atom. The number of hydrogen-bond acceptors (Lipinski definition) is 3. The molecule has 1 rings (SSSR count). The molecule has 4 nitrogen and oxygen atoms in total. The Morgan fingerprint density at radius 3 is 2.21 bits per heavy atom. The number of rotatable bonds is 10. The van der Waals surface area contributed by atoms with Gasteiger partial charge < -0.3 is 15.0 Å². The standard InChI is InChI=1S/C20H30O4/c1-19(2,14-21)13-11-17(22)16-9-7-15(8-10-16)6-5-12-20(3,4)18(23)24/h7-10,14,17,22H,5-6,11-13H2,1-4H3,(H,23,24). The molecule has 0 spiro atoms. The van der Waals surface area contributed by atoms with Crippen LogP contribution in [-0.4, -0.2) is 22.5 Å². The molecule has 0 aliphatic heterocycles. The van der Waals surface area contributed by atoms with E-state index in [0.29, 0.717) is 19.3 Å². The molecule has 2 N–H and O–H groups in total. The van der Waals surface area contributed by atoms with Gasteiger partial charge in [-0.25, -0.2) is 0 Å². The van der Waals surface area contributed by atoms with Crippen molar-refractivity contribution in [2.45, 2.75) is 65.9 Å². The number of carboxylic acid groups (broad SMARTS) is 1. The first-order valence-electron chi connectivity index (χ1n) is 8.54. The number of aldehydes is 1. The van der Waals surface area contributed by atoms with Crippen molar-refractivity contribution in [3.8, 4) is 0 Å². The van der Waals surface area contributed by atoms with Crippen molar-refractivity contribution in [1.82, 2.24) is 0 Å². The number of carboxylic acids is 1. The second-order valence-electron chi connectivity index (χ2n) is 7.95. The van der Waals surface area contributed by atoms with Gasteiger partial charge in [0.1, 0.15) is 6.29 Å². The maximum Gasteiger partial charge on any atom is 0.309 e. The summed E-state index contributed by atoms with van der Waals surface area (Å²) in [4.78, 5) is 22.0. The summed E-state index contributed by atoms with van der Waals surface area (Å²) >= 11 is 0.